The van der Waals surface area contributed by atoms with Crippen LogP contribution < -0.4 is 0 Å². The molecule has 1 unspecified atom stereocenters. The van der Waals surface area contributed by atoms with Gasteiger partial charge in [0, 0.05) is 17.1 Å². The van der Waals surface area contributed by atoms with Crippen molar-refractivity contribution in [1.82, 2.24) is 0 Å². The third-order valence-electron chi connectivity index (χ3n) is 3.86. The van der Waals surface area contributed by atoms with Gasteiger partial charge in [0.2, 0.25) is 0 Å². The molecule has 0 amide bonds. The third-order valence-corrected chi connectivity index (χ3v) is 4.86. The average molecular weight is 377 g/mol. The van der Waals surface area contributed by atoms with Gasteiger partial charge in [0.1, 0.15) is 6.17 Å². The molecule has 4 heteroatoms. The Hall–Kier alpha value is -1.81. The third kappa shape index (κ3) is 9.04. The summed E-state index contributed by atoms with van der Waals surface area (Å²) < 4.78 is 14.2. The number of hydrogen-bond donors (Lipinski definition) is 1. The monoisotopic (exact) mass is 376 g/mol. The van der Waals surface area contributed by atoms with Crippen LogP contribution in [0.3, 0.4) is 0 Å². The number of alkyl halides is 1. The van der Waals surface area contributed by atoms with Crippen molar-refractivity contribution in [2.75, 3.05) is 5.75 Å². The summed E-state index contributed by atoms with van der Waals surface area (Å²) in [7, 11) is 0. The van der Waals surface area contributed by atoms with E-state index in [1.807, 2.05) is 26.0 Å². The van der Waals surface area contributed by atoms with E-state index in [2.05, 4.69) is 19.9 Å². The van der Waals surface area contributed by atoms with E-state index in [0.29, 0.717) is 17.7 Å². The smallest absolute Gasteiger partial charge is 0.336 e. The van der Waals surface area contributed by atoms with Gasteiger partial charge >= 0.3 is 5.97 Å². The summed E-state index contributed by atoms with van der Waals surface area (Å²) in [6.45, 7) is 8.03. The van der Waals surface area contributed by atoms with E-state index < -0.39 is 12.1 Å². The van der Waals surface area contributed by atoms with Crippen LogP contribution in [-0.4, -0.2) is 23.0 Å². The van der Waals surface area contributed by atoms with Crippen LogP contribution in [0.25, 0.3) is 0 Å². The number of aromatic carboxylic acids is 1. The molecule has 0 heterocycles. The van der Waals surface area contributed by atoms with Crippen LogP contribution in [0.15, 0.2) is 64.1 Å². The number of carbonyl (C=O) groups is 1. The largest absolute Gasteiger partial charge is 0.478 e. The van der Waals surface area contributed by atoms with Gasteiger partial charge in [-0.15, -0.1) is 11.8 Å². The molecule has 0 aromatic heterocycles. The second kappa shape index (κ2) is 11.7. The fraction of sp³-hybridized carbons (Fsp3) is 0.409. The van der Waals surface area contributed by atoms with Crippen LogP contribution >= 0.6 is 11.8 Å². The van der Waals surface area contributed by atoms with E-state index in [1.165, 1.54) is 17.3 Å². The van der Waals surface area contributed by atoms with Gasteiger partial charge in [-0.2, -0.15) is 0 Å². The predicted molar refractivity (Wildman–Crippen MR) is 110 cm³/mol. The number of rotatable bonds is 10. The maximum atomic E-state index is 14.2. The van der Waals surface area contributed by atoms with E-state index in [4.69, 9.17) is 0 Å². The van der Waals surface area contributed by atoms with Gasteiger partial charge in [-0.05, 0) is 52.7 Å². The second-order valence-corrected chi connectivity index (χ2v) is 7.78. The summed E-state index contributed by atoms with van der Waals surface area (Å²) in [5.74, 6) is -0.294. The van der Waals surface area contributed by atoms with Crippen molar-refractivity contribution in [3.63, 3.8) is 0 Å². The van der Waals surface area contributed by atoms with Crippen LogP contribution in [0, 0.1) is 0 Å². The highest BCUT2D eigenvalue weighted by molar-refractivity contribution is 7.99. The van der Waals surface area contributed by atoms with Crippen LogP contribution in [0.5, 0.6) is 0 Å². The molecule has 0 radical (unpaired) electrons. The highest BCUT2D eigenvalue weighted by Crippen LogP contribution is 2.24. The van der Waals surface area contributed by atoms with E-state index in [0.717, 1.165) is 28.9 Å². The fourth-order valence-electron chi connectivity index (χ4n) is 2.47. The molecule has 0 aliphatic rings. The lowest BCUT2D eigenvalue weighted by atomic mass is 10.1. The normalized spacial score (nSPS) is 13.4. The minimum Gasteiger partial charge on any atom is -0.478 e. The molecule has 1 aromatic rings. The number of benzene rings is 1. The molecule has 1 aromatic carbocycles. The second-order valence-electron chi connectivity index (χ2n) is 6.72. The highest BCUT2D eigenvalue weighted by Gasteiger charge is 2.09. The first kappa shape index (κ1) is 22.2. The molecule has 0 fully saturated rings. The molecule has 0 saturated heterocycles. The van der Waals surface area contributed by atoms with E-state index in [1.54, 1.807) is 24.3 Å². The summed E-state index contributed by atoms with van der Waals surface area (Å²) in [6.07, 6.45) is 7.09. The molecular weight excluding hydrogens is 347 g/mol. The Kier molecular flexibility index (Phi) is 10.0. The number of allylic oxidation sites excluding steroid dienone is 5. The highest BCUT2D eigenvalue weighted by atomic mass is 32.2. The summed E-state index contributed by atoms with van der Waals surface area (Å²) in [5, 5.41) is 9.18. The lowest BCUT2D eigenvalue weighted by Crippen LogP contribution is -1.99. The lowest BCUT2D eigenvalue weighted by Gasteiger charge is -2.07. The first-order valence-electron chi connectivity index (χ1n) is 8.85. The maximum absolute atomic E-state index is 14.2. The molecule has 1 rings (SSSR count). The quantitative estimate of drug-likeness (QED) is 0.358. The van der Waals surface area contributed by atoms with Crippen molar-refractivity contribution < 1.29 is 14.3 Å². The van der Waals surface area contributed by atoms with E-state index in [9.17, 15) is 14.3 Å². The number of carboxylic acid groups (broad SMARTS) is 1. The summed E-state index contributed by atoms with van der Waals surface area (Å²) in [4.78, 5) is 11.9. The minimum absolute atomic E-state index is 0.307. The number of hydrogen-bond acceptors (Lipinski definition) is 2. The number of thioether (sulfide) groups is 1. The molecule has 0 bridgehead atoms. The topological polar surface area (TPSA) is 37.3 Å². The molecule has 0 spiro atoms. The summed E-state index contributed by atoms with van der Waals surface area (Å²) in [6, 6.07) is 6.94. The predicted octanol–water partition coefficient (Wildman–Crippen LogP) is 6.84. The molecule has 0 saturated carbocycles. The summed E-state index contributed by atoms with van der Waals surface area (Å²) >= 11 is 1.46. The molecular formula is C22H29FO2S. The van der Waals surface area contributed by atoms with Crippen LogP contribution in [-0.2, 0) is 0 Å². The van der Waals surface area contributed by atoms with Gasteiger partial charge < -0.3 is 5.11 Å². The molecule has 142 valence electrons. The minimum atomic E-state index is -0.978. The van der Waals surface area contributed by atoms with Crippen LogP contribution in [0.4, 0.5) is 4.39 Å². The average Bonchev–Trinajstić information content (AvgIpc) is 2.54. The van der Waals surface area contributed by atoms with Crippen molar-refractivity contribution in [2.24, 2.45) is 0 Å². The number of carboxylic acids is 1. The Morgan fingerprint density at radius 3 is 2.50 bits per heavy atom. The van der Waals surface area contributed by atoms with Gasteiger partial charge in [0.05, 0.1) is 5.56 Å². The molecule has 0 aliphatic heterocycles. The van der Waals surface area contributed by atoms with Crippen LogP contribution in [0.2, 0.25) is 0 Å². The van der Waals surface area contributed by atoms with Gasteiger partial charge in [0.25, 0.3) is 0 Å². The molecule has 0 aliphatic carbocycles. The van der Waals surface area contributed by atoms with E-state index in [-0.39, 0.29) is 0 Å². The van der Waals surface area contributed by atoms with Crippen molar-refractivity contribution in [3.8, 4) is 0 Å². The Morgan fingerprint density at radius 1 is 1.15 bits per heavy atom. The molecule has 26 heavy (non-hydrogen) atoms. The Bertz CT molecular complexity index is 685. The lowest BCUT2D eigenvalue weighted by molar-refractivity contribution is 0.0693. The van der Waals surface area contributed by atoms with E-state index >= 15 is 0 Å². The molecule has 2 nitrogen and oxygen atoms in total. The molecule has 1 N–H and O–H groups in total. The zero-order valence-electron chi connectivity index (χ0n) is 16.1. The van der Waals surface area contributed by atoms with Gasteiger partial charge in [-0.1, -0.05) is 47.1 Å². The molecule has 1 atom stereocenters. The van der Waals surface area contributed by atoms with Crippen molar-refractivity contribution in [3.05, 3.63) is 64.8 Å². The van der Waals surface area contributed by atoms with Crippen LogP contribution in [0.1, 0.15) is 57.3 Å². The van der Waals surface area contributed by atoms with Crippen molar-refractivity contribution in [2.45, 2.75) is 58.0 Å². The van der Waals surface area contributed by atoms with Gasteiger partial charge in [-0.3, -0.25) is 0 Å². The number of halogens is 1. The first-order valence-corrected chi connectivity index (χ1v) is 9.83. The van der Waals surface area contributed by atoms with Gasteiger partial charge in [0.15, 0.2) is 0 Å². The Morgan fingerprint density at radius 2 is 1.85 bits per heavy atom. The summed E-state index contributed by atoms with van der Waals surface area (Å²) in [5.41, 5.74) is 3.65. The SMILES string of the molecule is CC(C)=CCC/C(C)=C/C(F)C/C(C)=C/CSc1ccccc1C(=O)O. The maximum Gasteiger partial charge on any atom is 0.336 e. The zero-order chi connectivity index (χ0) is 19.5. The Labute approximate surface area is 160 Å². The first-order chi connectivity index (χ1) is 12.3. The Balaban J connectivity index is 2.50. The van der Waals surface area contributed by atoms with Crippen molar-refractivity contribution in [1.29, 1.82) is 0 Å². The fourth-order valence-corrected chi connectivity index (χ4v) is 3.51. The van der Waals surface area contributed by atoms with Gasteiger partial charge in [-0.25, -0.2) is 9.18 Å². The zero-order valence-corrected chi connectivity index (χ0v) is 16.9. The standard InChI is InChI=1S/C22H29FO2S/c1-16(2)8-7-9-17(3)14-19(23)15-18(4)12-13-26-21-11-6-5-10-20(21)22(24)25/h5-6,8,10-12,14,19H,7,9,13,15H2,1-4H3,(H,24,25)/b17-14+,18-12+. The van der Waals surface area contributed by atoms with Crippen molar-refractivity contribution >= 4 is 17.7 Å².